The lowest BCUT2D eigenvalue weighted by Crippen LogP contribution is -2.28. The van der Waals surface area contributed by atoms with E-state index in [0.29, 0.717) is 12.2 Å². The number of carbonyl (C=O) groups excluding carboxylic acids is 1. The highest BCUT2D eigenvalue weighted by molar-refractivity contribution is 6.31. The zero-order valence-corrected chi connectivity index (χ0v) is 14.0. The summed E-state index contributed by atoms with van der Waals surface area (Å²) >= 11 is 5.73. The molecule has 1 fully saturated rings. The van der Waals surface area contributed by atoms with Gasteiger partial charge >= 0.3 is 0 Å². The number of rotatable bonds is 3. The molecule has 0 aliphatic carbocycles. The molecule has 3 rings (SSSR count). The summed E-state index contributed by atoms with van der Waals surface area (Å²) in [6, 6.07) is 4.15. The molecule has 124 valence electrons. The fourth-order valence-electron chi connectivity index (χ4n) is 2.74. The fourth-order valence-corrected chi connectivity index (χ4v) is 2.93. The van der Waals surface area contributed by atoms with Gasteiger partial charge in [0.1, 0.15) is 5.82 Å². The molecular formula is C15H17Cl2FN4O. The van der Waals surface area contributed by atoms with E-state index in [1.165, 1.54) is 18.2 Å². The Morgan fingerprint density at radius 2 is 2.26 bits per heavy atom. The van der Waals surface area contributed by atoms with Crippen molar-refractivity contribution < 1.29 is 9.18 Å². The normalized spacial score (nSPS) is 20.1. The molecule has 1 aliphatic rings. The predicted molar refractivity (Wildman–Crippen MR) is 89.6 cm³/mol. The first-order chi connectivity index (χ1) is 10.5. The molecule has 2 heterocycles. The van der Waals surface area contributed by atoms with Gasteiger partial charge in [0.25, 0.3) is 0 Å². The number of aromatic nitrogens is 2. The minimum absolute atomic E-state index is 0. The van der Waals surface area contributed by atoms with Crippen LogP contribution in [-0.2, 0) is 11.8 Å². The number of halogens is 3. The van der Waals surface area contributed by atoms with E-state index in [1.54, 1.807) is 10.9 Å². The maximum absolute atomic E-state index is 13.2. The average molecular weight is 359 g/mol. The monoisotopic (exact) mass is 358 g/mol. The first-order valence-electron chi connectivity index (χ1n) is 7.00. The second-order valence-corrected chi connectivity index (χ2v) is 5.84. The first kappa shape index (κ1) is 17.7. The lowest BCUT2D eigenvalue weighted by Gasteiger charge is -2.17. The van der Waals surface area contributed by atoms with Gasteiger partial charge in [-0.25, -0.2) is 4.39 Å². The highest BCUT2D eigenvalue weighted by Gasteiger charge is 2.34. The van der Waals surface area contributed by atoms with Crippen LogP contribution in [0.2, 0.25) is 5.02 Å². The number of carbonyl (C=O) groups is 1. The molecule has 0 saturated carbocycles. The van der Waals surface area contributed by atoms with E-state index in [2.05, 4.69) is 15.7 Å². The predicted octanol–water partition coefficient (Wildman–Crippen LogP) is 2.58. The van der Waals surface area contributed by atoms with Gasteiger partial charge in [0.2, 0.25) is 5.91 Å². The smallest absolute Gasteiger partial charge is 0.229 e. The first-order valence-corrected chi connectivity index (χ1v) is 7.37. The highest BCUT2D eigenvalue weighted by atomic mass is 35.5. The molecule has 23 heavy (non-hydrogen) atoms. The van der Waals surface area contributed by atoms with E-state index in [9.17, 15) is 9.18 Å². The van der Waals surface area contributed by atoms with Gasteiger partial charge in [-0.3, -0.25) is 9.48 Å². The van der Waals surface area contributed by atoms with Crippen molar-refractivity contribution in [3.8, 4) is 0 Å². The van der Waals surface area contributed by atoms with Crippen LogP contribution in [0.5, 0.6) is 0 Å². The van der Waals surface area contributed by atoms with Crippen LogP contribution in [0.25, 0.3) is 0 Å². The van der Waals surface area contributed by atoms with E-state index in [0.717, 1.165) is 12.1 Å². The zero-order valence-electron chi connectivity index (χ0n) is 12.4. The van der Waals surface area contributed by atoms with Crippen molar-refractivity contribution in [1.82, 2.24) is 15.1 Å². The summed E-state index contributed by atoms with van der Waals surface area (Å²) in [5.74, 6) is -0.741. The number of nitrogens with zero attached hydrogens (tertiary/aromatic N) is 2. The van der Waals surface area contributed by atoms with E-state index in [1.807, 2.05) is 13.2 Å². The number of hydrogen-bond acceptors (Lipinski definition) is 3. The number of hydrogen-bond donors (Lipinski definition) is 2. The Labute approximate surface area is 144 Å². The molecule has 0 spiro atoms. The Balaban J connectivity index is 0.00000192. The third kappa shape index (κ3) is 3.83. The molecule has 1 aromatic heterocycles. The Morgan fingerprint density at radius 3 is 2.91 bits per heavy atom. The largest absolute Gasteiger partial charge is 0.326 e. The van der Waals surface area contributed by atoms with Gasteiger partial charge < -0.3 is 10.6 Å². The summed E-state index contributed by atoms with van der Waals surface area (Å²) in [6.07, 6.45) is 3.71. The standard InChI is InChI=1S/C15H16ClFN4O.ClH/c1-21-8-9(5-19-21)11-6-18-7-12(11)15(22)20-10-2-3-14(17)13(16)4-10;/h2-5,8,11-12,18H,6-7H2,1H3,(H,20,22);1H/t11-,12+;/m1./s1. The molecule has 0 radical (unpaired) electrons. The van der Waals surface area contributed by atoms with Crippen molar-refractivity contribution in [1.29, 1.82) is 0 Å². The molecule has 1 aromatic carbocycles. The van der Waals surface area contributed by atoms with E-state index < -0.39 is 5.82 Å². The fraction of sp³-hybridized carbons (Fsp3) is 0.333. The number of nitrogens with one attached hydrogen (secondary N) is 2. The number of amides is 1. The van der Waals surface area contributed by atoms with Crippen LogP contribution < -0.4 is 10.6 Å². The summed E-state index contributed by atoms with van der Waals surface area (Å²) in [4.78, 5) is 12.5. The van der Waals surface area contributed by atoms with Crippen molar-refractivity contribution in [2.75, 3.05) is 18.4 Å². The topological polar surface area (TPSA) is 59.0 Å². The van der Waals surface area contributed by atoms with Crippen LogP contribution in [0.3, 0.4) is 0 Å². The van der Waals surface area contributed by atoms with Crippen molar-refractivity contribution >= 4 is 35.6 Å². The Morgan fingerprint density at radius 1 is 1.48 bits per heavy atom. The zero-order chi connectivity index (χ0) is 15.7. The third-order valence-electron chi connectivity index (χ3n) is 3.89. The van der Waals surface area contributed by atoms with Crippen molar-refractivity contribution in [2.24, 2.45) is 13.0 Å². The van der Waals surface area contributed by atoms with Crippen LogP contribution in [-0.4, -0.2) is 28.8 Å². The molecule has 1 saturated heterocycles. The lowest BCUT2D eigenvalue weighted by molar-refractivity contribution is -0.119. The number of aryl methyl sites for hydroxylation is 1. The Hall–Kier alpha value is -1.63. The Bertz CT molecular complexity index is 707. The molecule has 2 N–H and O–H groups in total. The van der Waals surface area contributed by atoms with Gasteiger partial charge in [-0.05, 0) is 23.8 Å². The molecule has 0 unspecified atom stereocenters. The second-order valence-electron chi connectivity index (χ2n) is 5.44. The molecule has 2 atom stereocenters. The van der Waals surface area contributed by atoms with Crippen LogP contribution >= 0.6 is 24.0 Å². The van der Waals surface area contributed by atoms with Gasteiger partial charge in [0.15, 0.2) is 0 Å². The Kier molecular flexibility index (Phi) is 5.62. The van der Waals surface area contributed by atoms with Crippen molar-refractivity contribution in [2.45, 2.75) is 5.92 Å². The van der Waals surface area contributed by atoms with Crippen LogP contribution in [0.1, 0.15) is 11.5 Å². The SMILES string of the molecule is Cl.Cn1cc([C@H]2CNC[C@@H]2C(=O)Nc2ccc(F)c(Cl)c2)cn1. The average Bonchev–Trinajstić information content (AvgIpc) is 3.11. The van der Waals surface area contributed by atoms with E-state index in [-0.39, 0.29) is 35.2 Å². The third-order valence-corrected chi connectivity index (χ3v) is 4.18. The molecular weight excluding hydrogens is 342 g/mol. The van der Waals surface area contributed by atoms with E-state index in [4.69, 9.17) is 11.6 Å². The summed E-state index contributed by atoms with van der Waals surface area (Å²) in [5, 5.41) is 10.2. The number of benzene rings is 1. The van der Waals surface area contributed by atoms with Gasteiger partial charge in [-0.15, -0.1) is 12.4 Å². The van der Waals surface area contributed by atoms with Crippen LogP contribution in [0, 0.1) is 11.7 Å². The molecule has 0 bridgehead atoms. The minimum Gasteiger partial charge on any atom is -0.326 e. The highest BCUT2D eigenvalue weighted by Crippen LogP contribution is 2.29. The van der Waals surface area contributed by atoms with Crippen molar-refractivity contribution in [3.63, 3.8) is 0 Å². The lowest BCUT2D eigenvalue weighted by atomic mass is 9.90. The summed E-state index contributed by atoms with van der Waals surface area (Å²) in [5.41, 5.74) is 1.53. The van der Waals surface area contributed by atoms with Gasteiger partial charge in [-0.2, -0.15) is 5.10 Å². The molecule has 1 amide bonds. The molecule has 8 heteroatoms. The summed E-state index contributed by atoms with van der Waals surface area (Å²) < 4.78 is 14.9. The molecule has 2 aromatic rings. The van der Waals surface area contributed by atoms with Crippen LogP contribution in [0.4, 0.5) is 10.1 Å². The van der Waals surface area contributed by atoms with Crippen LogP contribution in [0.15, 0.2) is 30.6 Å². The quantitative estimate of drug-likeness (QED) is 0.886. The summed E-state index contributed by atoms with van der Waals surface area (Å²) in [6.45, 7) is 1.33. The molecule has 5 nitrogen and oxygen atoms in total. The maximum atomic E-state index is 13.2. The van der Waals surface area contributed by atoms with Gasteiger partial charge in [-0.1, -0.05) is 11.6 Å². The maximum Gasteiger partial charge on any atom is 0.229 e. The van der Waals surface area contributed by atoms with Gasteiger partial charge in [0.05, 0.1) is 17.1 Å². The summed E-state index contributed by atoms with van der Waals surface area (Å²) in [7, 11) is 1.85. The van der Waals surface area contributed by atoms with E-state index >= 15 is 0 Å². The van der Waals surface area contributed by atoms with Crippen molar-refractivity contribution in [3.05, 3.63) is 47.0 Å². The minimum atomic E-state index is -0.504. The van der Waals surface area contributed by atoms with Gasteiger partial charge in [0, 0.05) is 37.9 Å². The number of anilines is 1. The second kappa shape index (κ2) is 7.29. The molecule has 1 aliphatic heterocycles.